The summed E-state index contributed by atoms with van der Waals surface area (Å²) >= 11 is 5.81. The van der Waals surface area contributed by atoms with Crippen molar-refractivity contribution in [3.8, 4) is 0 Å². The number of nitrogens with one attached hydrogen (secondary N) is 1. The number of halogens is 1. The Morgan fingerprint density at radius 1 is 1.32 bits per heavy atom. The minimum atomic E-state index is -3.89. The quantitative estimate of drug-likeness (QED) is 0.835. The Balaban J connectivity index is 2.45. The molecule has 7 nitrogen and oxygen atoms in total. The Morgan fingerprint density at radius 3 is 2.58 bits per heavy atom. The maximum absolute atomic E-state index is 12.2. The lowest BCUT2D eigenvalue weighted by Gasteiger charge is -2.10. The fourth-order valence-electron chi connectivity index (χ4n) is 1.46. The smallest absolute Gasteiger partial charge is 0.329 e. The van der Waals surface area contributed by atoms with Crippen molar-refractivity contribution in [3.05, 3.63) is 28.6 Å². The van der Waals surface area contributed by atoms with Gasteiger partial charge in [0, 0.05) is 17.6 Å². The SMILES string of the molecule is Cc1nnc(NS(=O)(=O)c2cc(Cl)cc(N)c2C)o1. The highest BCUT2D eigenvalue weighted by molar-refractivity contribution is 7.92. The highest BCUT2D eigenvalue weighted by atomic mass is 35.5. The molecule has 1 aromatic heterocycles. The molecule has 9 heteroatoms. The van der Waals surface area contributed by atoms with Crippen LogP contribution in [0.5, 0.6) is 0 Å². The normalized spacial score (nSPS) is 11.5. The molecule has 0 amide bonds. The first-order valence-corrected chi connectivity index (χ1v) is 7.04. The van der Waals surface area contributed by atoms with E-state index in [4.69, 9.17) is 21.8 Å². The summed E-state index contributed by atoms with van der Waals surface area (Å²) in [6, 6.07) is 2.57. The van der Waals surface area contributed by atoms with Crippen molar-refractivity contribution in [1.29, 1.82) is 0 Å². The molecule has 0 spiro atoms. The second-order valence-electron chi connectivity index (χ2n) is 3.85. The topological polar surface area (TPSA) is 111 Å². The lowest BCUT2D eigenvalue weighted by molar-refractivity contribution is 0.534. The predicted molar refractivity (Wildman–Crippen MR) is 70.4 cm³/mol. The molecule has 0 aliphatic carbocycles. The summed E-state index contributed by atoms with van der Waals surface area (Å²) in [6.07, 6.45) is 0. The number of sulfonamides is 1. The van der Waals surface area contributed by atoms with Gasteiger partial charge >= 0.3 is 6.01 Å². The van der Waals surface area contributed by atoms with Gasteiger partial charge in [-0.25, -0.2) is 13.1 Å². The van der Waals surface area contributed by atoms with Crippen molar-refractivity contribution in [2.45, 2.75) is 18.7 Å². The van der Waals surface area contributed by atoms with Crippen molar-refractivity contribution in [3.63, 3.8) is 0 Å². The van der Waals surface area contributed by atoms with Gasteiger partial charge < -0.3 is 10.2 Å². The van der Waals surface area contributed by atoms with Crippen LogP contribution in [0.2, 0.25) is 5.02 Å². The minimum Gasteiger partial charge on any atom is -0.408 e. The van der Waals surface area contributed by atoms with E-state index in [1.807, 2.05) is 0 Å². The molecule has 3 N–H and O–H groups in total. The van der Waals surface area contributed by atoms with E-state index in [1.54, 1.807) is 13.8 Å². The zero-order valence-electron chi connectivity index (χ0n) is 10.1. The van der Waals surface area contributed by atoms with Crippen molar-refractivity contribution >= 4 is 33.3 Å². The average molecular weight is 303 g/mol. The van der Waals surface area contributed by atoms with Gasteiger partial charge in [0.25, 0.3) is 10.0 Å². The van der Waals surface area contributed by atoms with E-state index in [1.165, 1.54) is 12.1 Å². The minimum absolute atomic E-state index is 0.0339. The molecular weight excluding hydrogens is 292 g/mol. The molecule has 0 unspecified atom stereocenters. The lowest BCUT2D eigenvalue weighted by atomic mass is 10.2. The predicted octanol–water partition coefficient (Wildman–Crippen LogP) is 1.72. The summed E-state index contributed by atoms with van der Waals surface area (Å²) in [6.45, 7) is 3.13. The molecule has 2 aromatic rings. The third-order valence-corrected chi connectivity index (χ3v) is 4.07. The van der Waals surface area contributed by atoms with Crippen LogP contribution in [0.4, 0.5) is 11.7 Å². The summed E-state index contributed by atoms with van der Waals surface area (Å²) in [5.74, 6) is 0.250. The fraction of sp³-hybridized carbons (Fsp3) is 0.200. The zero-order valence-corrected chi connectivity index (χ0v) is 11.7. The molecule has 0 atom stereocenters. The van der Waals surface area contributed by atoms with Gasteiger partial charge in [0.1, 0.15) is 0 Å². The molecule has 0 saturated carbocycles. The van der Waals surface area contributed by atoms with E-state index in [0.717, 1.165) is 0 Å². The monoisotopic (exact) mass is 302 g/mol. The van der Waals surface area contributed by atoms with Crippen LogP contribution in [0, 0.1) is 13.8 Å². The van der Waals surface area contributed by atoms with Gasteiger partial charge in [-0.05, 0) is 24.6 Å². The van der Waals surface area contributed by atoms with Gasteiger partial charge in [0.2, 0.25) is 5.89 Å². The summed E-state index contributed by atoms with van der Waals surface area (Å²) in [7, 11) is -3.89. The number of hydrogen-bond acceptors (Lipinski definition) is 6. The summed E-state index contributed by atoms with van der Waals surface area (Å²) in [5, 5.41) is 7.31. The number of nitrogen functional groups attached to an aromatic ring is 1. The molecule has 1 aromatic carbocycles. The highest BCUT2D eigenvalue weighted by Crippen LogP contribution is 2.27. The van der Waals surface area contributed by atoms with Crippen LogP contribution >= 0.6 is 11.6 Å². The van der Waals surface area contributed by atoms with Crippen LogP contribution in [0.1, 0.15) is 11.5 Å². The first-order valence-electron chi connectivity index (χ1n) is 5.18. The number of hydrogen-bond donors (Lipinski definition) is 2. The van der Waals surface area contributed by atoms with E-state index in [0.29, 0.717) is 5.56 Å². The summed E-state index contributed by atoms with van der Waals surface area (Å²) < 4.78 is 31.5. The Bertz CT molecular complexity index is 726. The van der Waals surface area contributed by atoms with Crippen molar-refractivity contribution in [2.75, 3.05) is 10.5 Å². The summed E-state index contributed by atoms with van der Waals surface area (Å²) in [5.41, 5.74) is 6.37. The number of nitrogens with zero attached hydrogens (tertiary/aromatic N) is 2. The van der Waals surface area contributed by atoms with Gasteiger partial charge in [0.05, 0.1) is 4.90 Å². The van der Waals surface area contributed by atoms with E-state index >= 15 is 0 Å². The standard InChI is InChI=1S/C10H11ClN4O3S/c1-5-8(12)3-7(11)4-9(5)19(16,17)15-10-14-13-6(2)18-10/h3-4H,12H2,1-2H3,(H,14,15). The number of nitrogens with two attached hydrogens (primary N) is 1. The lowest BCUT2D eigenvalue weighted by Crippen LogP contribution is -2.15. The molecule has 102 valence electrons. The van der Waals surface area contributed by atoms with Crippen LogP contribution in [-0.4, -0.2) is 18.6 Å². The van der Waals surface area contributed by atoms with E-state index in [-0.39, 0.29) is 27.5 Å². The van der Waals surface area contributed by atoms with Gasteiger partial charge in [-0.15, -0.1) is 5.10 Å². The van der Waals surface area contributed by atoms with Crippen molar-refractivity contribution in [1.82, 2.24) is 10.2 Å². The zero-order chi connectivity index (χ0) is 14.2. The summed E-state index contributed by atoms with van der Waals surface area (Å²) in [4.78, 5) is -0.0339. The van der Waals surface area contributed by atoms with Gasteiger partial charge in [0.15, 0.2) is 0 Å². The third-order valence-electron chi connectivity index (χ3n) is 2.40. The Morgan fingerprint density at radius 2 is 2.00 bits per heavy atom. The number of anilines is 2. The molecule has 0 bridgehead atoms. The van der Waals surface area contributed by atoms with Crippen molar-refractivity contribution < 1.29 is 12.8 Å². The Labute approximate surface area is 114 Å². The maximum atomic E-state index is 12.2. The number of benzene rings is 1. The molecule has 2 rings (SSSR count). The second kappa shape index (κ2) is 4.71. The first-order chi connectivity index (χ1) is 8.79. The number of aryl methyl sites for hydroxylation is 1. The Hall–Kier alpha value is -1.80. The van der Waals surface area contributed by atoms with Crippen LogP contribution in [0.25, 0.3) is 0 Å². The average Bonchev–Trinajstić information content (AvgIpc) is 2.68. The number of rotatable bonds is 3. The van der Waals surface area contributed by atoms with E-state index in [9.17, 15) is 8.42 Å². The van der Waals surface area contributed by atoms with Crippen LogP contribution in [-0.2, 0) is 10.0 Å². The van der Waals surface area contributed by atoms with Crippen LogP contribution < -0.4 is 10.5 Å². The van der Waals surface area contributed by atoms with E-state index < -0.39 is 10.0 Å². The largest absolute Gasteiger partial charge is 0.408 e. The third kappa shape index (κ3) is 2.79. The second-order valence-corrected chi connectivity index (χ2v) is 5.94. The number of aromatic nitrogens is 2. The van der Waals surface area contributed by atoms with Crippen LogP contribution in [0.3, 0.4) is 0 Å². The molecule has 1 heterocycles. The molecule has 0 fully saturated rings. The first kappa shape index (κ1) is 13.6. The molecule has 0 saturated heterocycles. The van der Waals surface area contributed by atoms with Crippen LogP contribution in [0.15, 0.2) is 21.4 Å². The molecule has 0 aliphatic heterocycles. The molecule has 0 aliphatic rings. The molecule has 19 heavy (non-hydrogen) atoms. The van der Waals surface area contributed by atoms with E-state index in [2.05, 4.69) is 14.9 Å². The van der Waals surface area contributed by atoms with Gasteiger partial charge in [-0.2, -0.15) is 0 Å². The van der Waals surface area contributed by atoms with Gasteiger partial charge in [-0.3, -0.25) is 0 Å². The fourth-order valence-corrected chi connectivity index (χ4v) is 2.98. The Kier molecular flexibility index (Phi) is 3.38. The highest BCUT2D eigenvalue weighted by Gasteiger charge is 2.21. The molecular formula is C10H11ClN4O3S. The van der Waals surface area contributed by atoms with Gasteiger partial charge in [-0.1, -0.05) is 16.7 Å². The molecule has 0 radical (unpaired) electrons. The maximum Gasteiger partial charge on any atom is 0.329 e. The van der Waals surface area contributed by atoms with Crippen molar-refractivity contribution in [2.24, 2.45) is 0 Å².